The van der Waals surface area contributed by atoms with Crippen molar-refractivity contribution in [1.29, 1.82) is 0 Å². The maximum absolute atomic E-state index is 10.7. The lowest BCUT2D eigenvalue weighted by Gasteiger charge is -2.32. The van der Waals surface area contributed by atoms with E-state index in [0.29, 0.717) is 11.3 Å². The molecule has 0 bridgehead atoms. The lowest BCUT2D eigenvalue weighted by atomic mass is 10.2. The van der Waals surface area contributed by atoms with Crippen LogP contribution in [0.5, 0.6) is 11.5 Å². The Balaban J connectivity index is 2.05. The lowest BCUT2D eigenvalue weighted by Crippen LogP contribution is -2.27. The van der Waals surface area contributed by atoms with Gasteiger partial charge in [-0.15, -0.1) is 0 Å². The van der Waals surface area contributed by atoms with Gasteiger partial charge in [0, 0.05) is 12.6 Å². The number of aromatic hydroxyl groups is 1. The molecule has 0 aliphatic rings. The smallest absolute Gasteiger partial charge is 0.150 e. The number of carbonyl (C=O) groups is 1. The predicted molar refractivity (Wildman–Crippen MR) is 106 cm³/mol. The Hall–Kier alpha value is -2.17. The number of carbonyl (C=O) groups excluding carboxylic acids is 1. The Labute approximate surface area is 153 Å². The highest BCUT2D eigenvalue weighted by molar-refractivity contribution is 8.04. The van der Waals surface area contributed by atoms with Crippen LogP contribution in [0.1, 0.15) is 29.8 Å². The van der Waals surface area contributed by atoms with Gasteiger partial charge in [0.1, 0.15) is 23.1 Å². The summed E-state index contributed by atoms with van der Waals surface area (Å²) in [4.78, 5) is 10.7. The quantitative estimate of drug-likeness (QED) is 0.344. The Kier molecular flexibility index (Phi) is 6.34. The highest BCUT2D eigenvalue weighted by Crippen LogP contribution is 2.43. The van der Waals surface area contributed by atoms with Gasteiger partial charge in [-0.05, 0) is 67.9 Å². The van der Waals surface area contributed by atoms with Crippen LogP contribution in [0.25, 0.3) is 0 Å². The highest BCUT2D eigenvalue weighted by atomic mass is 32.4. The molecule has 2 rings (SSSR count). The summed E-state index contributed by atoms with van der Waals surface area (Å²) in [7, 11) is 1.83. The number of benzene rings is 2. The van der Waals surface area contributed by atoms with Crippen LogP contribution >= 0.6 is 6.85 Å². The molecule has 1 atom stereocenters. The van der Waals surface area contributed by atoms with Crippen molar-refractivity contribution in [2.75, 3.05) is 7.05 Å². The second kappa shape index (κ2) is 8.28. The number of ether oxygens (including phenoxy) is 1. The Bertz CT molecular complexity index is 774. The Morgan fingerprint density at radius 2 is 1.68 bits per heavy atom. The topological polar surface area (TPSA) is 62.1 Å². The van der Waals surface area contributed by atoms with Crippen molar-refractivity contribution in [1.82, 2.24) is 4.78 Å². The van der Waals surface area contributed by atoms with E-state index < -0.39 is 12.2 Å². The fraction of sp³-hybridized carbons (Fsp3) is 0.222. The maximum Gasteiger partial charge on any atom is 0.150 e. The third-order valence-corrected chi connectivity index (χ3v) is 7.57. The number of rotatable bonds is 7. The largest absolute Gasteiger partial charge is 0.508 e. The summed E-state index contributed by atoms with van der Waals surface area (Å²) in [6.07, 6.45) is 2.49. The maximum atomic E-state index is 10.7. The number of hydrogen-bond donors (Lipinski definition) is 1. The molecule has 0 saturated heterocycles. The van der Waals surface area contributed by atoms with E-state index in [-0.39, 0.29) is 5.75 Å². The van der Waals surface area contributed by atoms with Gasteiger partial charge in [0.15, 0.2) is 0 Å². The van der Waals surface area contributed by atoms with E-state index in [2.05, 4.69) is 5.10 Å². The van der Waals surface area contributed by atoms with Gasteiger partial charge in [-0.3, -0.25) is 9.57 Å². The van der Waals surface area contributed by atoms with Crippen LogP contribution in [-0.4, -0.2) is 34.8 Å². The molecule has 0 fully saturated rings. The zero-order valence-corrected chi connectivity index (χ0v) is 16.2. The standard InChI is InChI=1S/C18H21N2O3PS/c1-18(2,23-17-10-6-15(13-21)7-11-17)24(25)20(3)19-12-14-4-8-16(22)9-5-14/h4-13,22,24H,1-3H3/b19-12+. The summed E-state index contributed by atoms with van der Waals surface area (Å²) in [5, 5.41) is 13.1. The van der Waals surface area contributed by atoms with E-state index in [9.17, 15) is 9.90 Å². The van der Waals surface area contributed by atoms with Crippen molar-refractivity contribution in [2.45, 2.75) is 19.2 Å². The van der Waals surface area contributed by atoms with Gasteiger partial charge in [-0.25, -0.2) is 0 Å². The van der Waals surface area contributed by atoms with Gasteiger partial charge in [0.05, 0.1) is 13.1 Å². The molecule has 1 N–H and O–H groups in total. The molecule has 0 aliphatic heterocycles. The molecule has 0 aromatic heterocycles. The molecule has 1 unspecified atom stereocenters. The molecule has 0 amide bonds. The Morgan fingerprint density at radius 3 is 2.24 bits per heavy atom. The fourth-order valence-electron chi connectivity index (χ4n) is 2.11. The molecule has 2 aromatic carbocycles. The minimum absolute atomic E-state index is 0.216. The minimum Gasteiger partial charge on any atom is -0.508 e. The monoisotopic (exact) mass is 376 g/mol. The molecule has 0 aliphatic carbocycles. The molecule has 5 nitrogen and oxygen atoms in total. The number of nitrogens with zero attached hydrogens (tertiary/aromatic N) is 2. The van der Waals surface area contributed by atoms with Crippen molar-refractivity contribution in [3.63, 3.8) is 0 Å². The van der Waals surface area contributed by atoms with Crippen LogP contribution in [0.3, 0.4) is 0 Å². The SMILES string of the molecule is CN(/N=C/c1ccc(O)cc1)[PH](=S)C(C)(C)Oc1ccc(C=O)cc1. The van der Waals surface area contributed by atoms with E-state index in [1.807, 2.05) is 20.9 Å². The fourth-order valence-corrected chi connectivity index (χ4v) is 3.52. The molecule has 132 valence electrons. The van der Waals surface area contributed by atoms with Gasteiger partial charge in [0.2, 0.25) is 0 Å². The lowest BCUT2D eigenvalue weighted by molar-refractivity contribution is 0.112. The summed E-state index contributed by atoms with van der Waals surface area (Å²) in [6.45, 7) is 2.32. The van der Waals surface area contributed by atoms with Crippen molar-refractivity contribution >= 4 is 31.2 Å². The van der Waals surface area contributed by atoms with Crippen LogP contribution in [0.2, 0.25) is 0 Å². The van der Waals surface area contributed by atoms with Crippen molar-refractivity contribution in [3.8, 4) is 11.5 Å². The highest BCUT2D eigenvalue weighted by Gasteiger charge is 2.27. The summed E-state index contributed by atoms with van der Waals surface area (Å²) < 4.78 is 7.79. The third kappa shape index (κ3) is 5.41. The number of phenolic OH excluding ortho intramolecular Hbond substituents is 1. The summed E-state index contributed by atoms with van der Waals surface area (Å²) in [5.74, 6) is 0.882. The molecular formula is C18H21N2O3PS. The first kappa shape index (κ1) is 19.2. The molecule has 0 heterocycles. The van der Waals surface area contributed by atoms with E-state index in [1.54, 1.807) is 59.5 Å². The summed E-state index contributed by atoms with van der Waals surface area (Å²) >= 11 is 5.67. The van der Waals surface area contributed by atoms with Crippen LogP contribution in [-0.2, 0) is 11.8 Å². The van der Waals surface area contributed by atoms with Crippen molar-refractivity contribution in [2.24, 2.45) is 5.10 Å². The Morgan fingerprint density at radius 1 is 1.12 bits per heavy atom. The summed E-state index contributed by atoms with van der Waals surface area (Å²) in [6, 6.07) is 13.7. The second-order valence-corrected chi connectivity index (χ2v) is 9.59. The number of hydrogen-bond acceptors (Lipinski definition) is 5. The van der Waals surface area contributed by atoms with Crippen LogP contribution in [0.15, 0.2) is 53.6 Å². The molecule has 0 spiro atoms. The number of aldehydes is 1. The number of phenols is 1. The van der Waals surface area contributed by atoms with Gasteiger partial charge < -0.3 is 9.84 Å². The van der Waals surface area contributed by atoms with E-state index >= 15 is 0 Å². The van der Waals surface area contributed by atoms with Gasteiger partial charge >= 0.3 is 0 Å². The molecule has 0 saturated carbocycles. The first-order chi connectivity index (χ1) is 11.8. The first-order valence-corrected chi connectivity index (χ1v) is 10.3. The normalized spacial score (nSPS) is 12.8. The minimum atomic E-state index is -1.56. The zero-order valence-electron chi connectivity index (χ0n) is 14.3. The van der Waals surface area contributed by atoms with Gasteiger partial charge in [-0.2, -0.15) is 5.10 Å². The van der Waals surface area contributed by atoms with Crippen molar-refractivity contribution < 1.29 is 14.6 Å². The van der Waals surface area contributed by atoms with Crippen LogP contribution in [0.4, 0.5) is 0 Å². The first-order valence-electron chi connectivity index (χ1n) is 7.67. The predicted octanol–water partition coefficient (Wildman–Crippen LogP) is 3.88. The molecule has 25 heavy (non-hydrogen) atoms. The molecule has 7 heteroatoms. The van der Waals surface area contributed by atoms with Gasteiger partial charge in [0.25, 0.3) is 0 Å². The van der Waals surface area contributed by atoms with E-state index in [1.165, 1.54) is 0 Å². The van der Waals surface area contributed by atoms with E-state index in [0.717, 1.165) is 11.8 Å². The van der Waals surface area contributed by atoms with Crippen molar-refractivity contribution in [3.05, 3.63) is 59.7 Å². The van der Waals surface area contributed by atoms with Gasteiger partial charge in [-0.1, -0.05) is 11.8 Å². The number of hydrazone groups is 1. The molecular weight excluding hydrogens is 355 g/mol. The average Bonchev–Trinajstić information content (AvgIpc) is 2.60. The van der Waals surface area contributed by atoms with Crippen LogP contribution in [0, 0.1) is 0 Å². The van der Waals surface area contributed by atoms with E-state index in [4.69, 9.17) is 16.5 Å². The second-order valence-electron chi connectivity index (χ2n) is 5.96. The molecule has 2 aromatic rings. The average molecular weight is 376 g/mol. The summed E-state index contributed by atoms with van der Waals surface area (Å²) in [5.41, 5.74) is 1.47. The zero-order chi connectivity index (χ0) is 18.4. The van der Waals surface area contributed by atoms with Crippen LogP contribution < -0.4 is 4.74 Å². The molecule has 0 radical (unpaired) electrons. The third-order valence-electron chi connectivity index (χ3n) is 3.47.